The molecule has 104 valence electrons. The predicted octanol–water partition coefficient (Wildman–Crippen LogP) is 2.16. The van der Waals surface area contributed by atoms with Gasteiger partial charge in [0.25, 0.3) is 11.8 Å². The van der Waals surface area contributed by atoms with Crippen LogP contribution in [0.2, 0.25) is 0 Å². The van der Waals surface area contributed by atoms with Crippen molar-refractivity contribution in [3.05, 3.63) is 35.1 Å². The molecule has 0 saturated carbocycles. The molecule has 0 aromatic heterocycles. The largest absolute Gasteiger partial charge is 0.365 e. The number of benzene rings is 1. The highest BCUT2D eigenvalue weighted by atomic mass is 19.3. The lowest BCUT2D eigenvalue weighted by Gasteiger charge is -2.32. The zero-order valence-electron chi connectivity index (χ0n) is 10.3. The van der Waals surface area contributed by atoms with Crippen molar-refractivity contribution in [3.63, 3.8) is 0 Å². The van der Waals surface area contributed by atoms with Gasteiger partial charge < -0.3 is 5.73 Å². The zero-order valence-corrected chi connectivity index (χ0v) is 10.3. The van der Waals surface area contributed by atoms with Gasteiger partial charge in [0.1, 0.15) is 5.82 Å². The van der Waals surface area contributed by atoms with Crippen molar-refractivity contribution in [3.8, 4) is 0 Å². The third-order valence-corrected chi connectivity index (χ3v) is 3.33. The van der Waals surface area contributed by atoms with Gasteiger partial charge in [-0.15, -0.1) is 0 Å². The lowest BCUT2D eigenvalue weighted by molar-refractivity contribution is -0.0567. The first-order valence-electron chi connectivity index (χ1n) is 6.06. The van der Waals surface area contributed by atoms with E-state index in [0.29, 0.717) is 5.56 Å². The van der Waals surface area contributed by atoms with E-state index in [1.165, 1.54) is 6.07 Å². The molecule has 0 radical (unpaired) electrons. The Balaban J connectivity index is 2.12. The van der Waals surface area contributed by atoms with E-state index in [-0.39, 0.29) is 38.0 Å². The fourth-order valence-corrected chi connectivity index (χ4v) is 2.26. The molecular weight excluding hydrogens is 257 g/mol. The summed E-state index contributed by atoms with van der Waals surface area (Å²) in [6.07, 6.45) is -0.428. The van der Waals surface area contributed by atoms with Crippen LogP contribution in [0.15, 0.2) is 18.2 Å². The number of alkyl halides is 2. The number of hydrogen-bond acceptors (Lipinski definition) is 2. The number of piperidine rings is 1. The minimum atomic E-state index is -2.62. The molecule has 1 amide bonds. The average Bonchev–Trinajstić information content (AvgIpc) is 2.31. The predicted molar refractivity (Wildman–Crippen MR) is 64.4 cm³/mol. The number of carbonyl (C=O) groups is 1. The second-order valence-corrected chi connectivity index (χ2v) is 4.77. The highest BCUT2D eigenvalue weighted by molar-refractivity contribution is 5.94. The monoisotopic (exact) mass is 272 g/mol. The lowest BCUT2D eigenvalue weighted by atomic mass is 10.0. The van der Waals surface area contributed by atoms with Crippen LogP contribution in [0.4, 0.5) is 13.2 Å². The summed E-state index contributed by atoms with van der Waals surface area (Å²) in [5, 5.41) is 0. The molecule has 3 nitrogen and oxygen atoms in total. The fourth-order valence-electron chi connectivity index (χ4n) is 2.26. The molecule has 1 heterocycles. The molecule has 6 heteroatoms. The summed E-state index contributed by atoms with van der Waals surface area (Å²) in [7, 11) is 0. The summed E-state index contributed by atoms with van der Waals surface area (Å²) in [6, 6.07) is 4.24. The number of rotatable bonds is 3. The standard InChI is InChI=1S/C13H15F3N2O/c14-10-3-1-2-9(11(10)12(17)19)8-18-6-4-13(15,16)5-7-18/h1-3H,4-8H2,(H2,17,19). The van der Waals surface area contributed by atoms with Crippen molar-refractivity contribution in [1.29, 1.82) is 0 Å². The van der Waals surface area contributed by atoms with Crippen molar-refractivity contribution in [2.24, 2.45) is 5.73 Å². The van der Waals surface area contributed by atoms with Crippen LogP contribution in [-0.4, -0.2) is 29.8 Å². The van der Waals surface area contributed by atoms with E-state index >= 15 is 0 Å². The summed E-state index contributed by atoms with van der Waals surface area (Å²) in [4.78, 5) is 13.0. The summed E-state index contributed by atoms with van der Waals surface area (Å²) < 4.78 is 39.6. The smallest absolute Gasteiger partial charge is 0.252 e. The molecule has 2 N–H and O–H groups in total. The van der Waals surface area contributed by atoms with Crippen molar-refractivity contribution in [2.75, 3.05) is 13.1 Å². The highest BCUT2D eigenvalue weighted by Crippen LogP contribution is 2.28. The third-order valence-electron chi connectivity index (χ3n) is 3.33. The molecule has 2 rings (SSSR count). The third kappa shape index (κ3) is 3.26. The Labute approximate surface area is 109 Å². The van der Waals surface area contributed by atoms with E-state index in [9.17, 15) is 18.0 Å². The molecule has 1 aromatic carbocycles. The van der Waals surface area contributed by atoms with Gasteiger partial charge in [-0.1, -0.05) is 12.1 Å². The van der Waals surface area contributed by atoms with E-state index in [2.05, 4.69) is 0 Å². The van der Waals surface area contributed by atoms with E-state index in [1.54, 1.807) is 11.0 Å². The summed E-state index contributed by atoms with van der Waals surface area (Å²) in [5.41, 5.74) is 5.44. The van der Waals surface area contributed by atoms with Crippen LogP contribution in [0.1, 0.15) is 28.8 Å². The van der Waals surface area contributed by atoms with Gasteiger partial charge in [-0.3, -0.25) is 9.69 Å². The topological polar surface area (TPSA) is 46.3 Å². The van der Waals surface area contributed by atoms with Crippen LogP contribution in [0.25, 0.3) is 0 Å². The number of nitrogens with zero attached hydrogens (tertiary/aromatic N) is 1. The number of likely N-dealkylation sites (tertiary alicyclic amines) is 1. The first-order chi connectivity index (χ1) is 8.89. The number of hydrogen-bond donors (Lipinski definition) is 1. The van der Waals surface area contributed by atoms with E-state index in [4.69, 9.17) is 5.73 Å². The lowest BCUT2D eigenvalue weighted by Crippen LogP contribution is -2.39. The van der Waals surface area contributed by atoms with Gasteiger partial charge in [0.05, 0.1) is 5.56 Å². The maximum atomic E-state index is 13.5. The zero-order chi connectivity index (χ0) is 14.0. The number of primary amides is 1. The first kappa shape index (κ1) is 13.9. The van der Waals surface area contributed by atoms with Gasteiger partial charge in [-0.25, -0.2) is 13.2 Å². The van der Waals surface area contributed by atoms with Crippen LogP contribution in [0, 0.1) is 5.82 Å². The molecule has 1 aromatic rings. The molecule has 19 heavy (non-hydrogen) atoms. The van der Waals surface area contributed by atoms with Crippen molar-refractivity contribution >= 4 is 5.91 Å². The van der Waals surface area contributed by atoms with E-state index < -0.39 is 17.6 Å². The fraction of sp³-hybridized carbons (Fsp3) is 0.462. The molecule has 0 spiro atoms. The number of carbonyl (C=O) groups excluding carboxylic acids is 1. The van der Waals surface area contributed by atoms with Crippen LogP contribution in [0.3, 0.4) is 0 Å². The Hall–Kier alpha value is -1.56. The second-order valence-electron chi connectivity index (χ2n) is 4.77. The molecule has 1 saturated heterocycles. The molecule has 0 atom stereocenters. The molecule has 1 fully saturated rings. The van der Waals surface area contributed by atoms with Crippen LogP contribution >= 0.6 is 0 Å². The molecule has 1 aliphatic heterocycles. The number of nitrogens with two attached hydrogens (primary N) is 1. The maximum absolute atomic E-state index is 13.5. The molecule has 0 aliphatic carbocycles. The van der Waals surface area contributed by atoms with E-state index in [1.807, 2.05) is 0 Å². The van der Waals surface area contributed by atoms with Gasteiger partial charge in [0.15, 0.2) is 0 Å². The average molecular weight is 272 g/mol. The van der Waals surface area contributed by atoms with Gasteiger partial charge in [0.2, 0.25) is 0 Å². The highest BCUT2D eigenvalue weighted by Gasteiger charge is 2.34. The molecular formula is C13H15F3N2O. The minimum Gasteiger partial charge on any atom is -0.365 e. The summed E-state index contributed by atoms with van der Waals surface area (Å²) >= 11 is 0. The number of halogens is 3. The number of amides is 1. The van der Waals surface area contributed by atoms with Gasteiger partial charge in [-0.05, 0) is 11.6 Å². The Morgan fingerprint density at radius 2 is 1.95 bits per heavy atom. The molecule has 0 unspecified atom stereocenters. The summed E-state index contributed by atoms with van der Waals surface area (Å²) in [6.45, 7) is 0.704. The minimum absolute atomic E-state index is 0.153. The quantitative estimate of drug-likeness (QED) is 0.916. The SMILES string of the molecule is NC(=O)c1c(F)cccc1CN1CCC(F)(F)CC1. The van der Waals surface area contributed by atoms with Crippen LogP contribution in [0.5, 0.6) is 0 Å². The van der Waals surface area contributed by atoms with Gasteiger partial charge in [0, 0.05) is 32.5 Å². The van der Waals surface area contributed by atoms with Crippen molar-refractivity contribution < 1.29 is 18.0 Å². The second kappa shape index (κ2) is 5.21. The Kier molecular flexibility index (Phi) is 3.80. The first-order valence-corrected chi connectivity index (χ1v) is 6.06. The Morgan fingerprint density at radius 3 is 2.53 bits per heavy atom. The van der Waals surface area contributed by atoms with E-state index in [0.717, 1.165) is 6.07 Å². The summed E-state index contributed by atoms with van der Waals surface area (Å²) in [5.74, 6) is -4.13. The Bertz CT molecular complexity index is 481. The van der Waals surface area contributed by atoms with Crippen molar-refractivity contribution in [2.45, 2.75) is 25.3 Å². The molecule has 0 bridgehead atoms. The van der Waals surface area contributed by atoms with Crippen LogP contribution in [-0.2, 0) is 6.54 Å². The normalized spacial score (nSPS) is 19.3. The maximum Gasteiger partial charge on any atom is 0.252 e. The van der Waals surface area contributed by atoms with Gasteiger partial charge in [-0.2, -0.15) is 0 Å². The Morgan fingerprint density at radius 1 is 1.32 bits per heavy atom. The van der Waals surface area contributed by atoms with Crippen molar-refractivity contribution in [1.82, 2.24) is 4.90 Å². The van der Waals surface area contributed by atoms with Crippen LogP contribution < -0.4 is 5.73 Å². The molecule has 1 aliphatic rings. The van der Waals surface area contributed by atoms with Gasteiger partial charge >= 0.3 is 0 Å².